The zero-order valence-electron chi connectivity index (χ0n) is 21.4. The first-order valence-electron chi connectivity index (χ1n) is 12.6. The number of benzene rings is 2. The van der Waals surface area contributed by atoms with E-state index in [9.17, 15) is 4.79 Å². The molecule has 1 heterocycles. The second-order valence-corrected chi connectivity index (χ2v) is 10.4. The summed E-state index contributed by atoms with van der Waals surface area (Å²) in [4.78, 5) is 17.7. The Morgan fingerprint density at radius 1 is 1.03 bits per heavy atom. The molecule has 4 rings (SSSR count). The number of methoxy groups -OCH3 is 1. The van der Waals surface area contributed by atoms with E-state index in [4.69, 9.17) is 18.9 Å². The lowest BCUT2D eigenvalue weighted by molar-refractivity contribution is -0.00943. The lowest BCUT2D eigenvalue weighted by atomic mass is 9.70. The fourth-order valence-electron chi connectivity index (χ4n) is 4.69. The summed E-state index contributed by atoms with van der Waals surface area (Å²) >= 11 is 1.64. The minimum absolute atomic E-state index is 0.0760. The molecule has 0 atom stereocenters. The Balaban J connectivity index is 1.57. The van der Waals surface area contributed by atoms with Gasteiger partial charge in [-0.15, -0.1) is 11.3 Å². The molecule has 0 aliphatic heterocycles. The Kier molecular flexibility index (Phi) is 9.13. The summed E-state index contributed by atoms with van der Waals surface area (Å²) in [7, 11) is 1.66. The Labute approximate surface area is 217 Å². The van der Waals surface area contributed by atoms with Crippen LogP contribution in [-0.4, -0.2) is 44.7 Å². The van der Waals surface area contributed by atoms with Crippen molar-refractivity contribution < 1.29 is 23.7 Å². The smallest absolute Gasteiger partial charge is 0.338 e. The van der Waals surface area contributed by atoms with Crippen molar-refractivity contribution in [3.63, 3.8) is 0 Å². The van der Waals surface area contributed by atoms with E-state index < -0.39 is 0 Å². The molecule has 7 heteroatoms. The number of esters is 1. The number of hydrogen-bond donors (Lipinski definition) is 0. The van der Waals surface area contributed by atoms with Gasteiger partial charge in [-0.25, -0.2) is 9.78 Å². The average molecular weight is 510 g/mol. The van der Waals surface area contributed by atoms with Gasteiger partial charge in [0.25, 0.3) is 0 Å². The van der Waals surface area contributed by atoms with E-state index in [-0.39, 0.29) is 18.2 Å². The number of rotatable bonds is 11. The highest BCUT2D eigenvalue weighted by atomic mass is 32.1. The average Bonchev–Trinajstić information content (AvgIpc) is 3.40. The van der Waals surface area contributed by atoms with Crippen molar-refractivity contribution >= 4 is 17.3 Å². The van der Waals surface area contributed by atoms with Crippen LogP contribution in [0.2, 0.25) is 0 Å². The Morgan fingerprint density at radius 3 is 2.50 bits per heavy atom. The van der Waals surface area contributed by atoms with E-state index in [1.165, 1.54) is 24.8 Å². The minimum atomic E-state index is -0.306. The zero-order chi connectivity index (χ0) is 25.4. The summed E-state index contributed by atoms with van der Waals surface area (Å²) in [6.07, 6.45) is 7.99. The molecule has 0 N–H and O–H groups in total. The first kappa shape index (κ1) is 26.3. The van der Waals surface area contributed by atoms with Crippen molar-refractivity contribution in [2.24, 2.45) is 0 Å². The highest BCUT2D eigenvalue weighted by Gasteiger charge is 2.32. The largest absolute Gasteiger partial charge is 0.467 e. The van der Waals surface area contributed by atoms with Crippen LogP contribution in [0, 0.1) is 0 Å². The SMILES string of the molecule is CCOC(=O)c1ccc(-c2ncc(-c3ccc(OCOCCOC)c(C4(C)CCCCC4)c3)s2)cc1. The Hall–Kier alpha value is -2.74. The summed E-state index contributed by atoms with van der Waals surface area (Å²) in [5.41, 5.74) is 3.98. The van der Waals surface area contributed by atoms with Gasteiger partial charge in [0.15, 0.2) is 6.79 Å². The third-order valence-corrected chi connectivity index (χ3v) is 7.85. The summed E-state index contributed by atoms with van der Waals surface area (Å²) < 4.78 is 21.8. The summed E-state index contributed by atoms with van der Waals surface area (Å²) in [6, 6.07) is 13.9. The van der Waals surface area contributed by atoms with Crippen molar-refractivity contribution in [1.82, 2.24) is 4.98 Å². The van der Waals surface area contributed by atoms with Crippen LogP contribution in [-0.2, 0) is 19.6 Å². The maximum absolute atomic E-state index is 12.0. The van der Waals surface area contributed by atoms with Gasteiger partial charge in [-0.3, -0.25) is 0 Å². The van der Waals surface area contributed by atoms with Crippen molar-refractivity contribution in [2.45, 2.75) is 51.4 Å². The van der Waals surface area contributed by atoms with Gasteiger partial charge in [-0.05, 0) is 61.1 Å². The lowest BCUT2D eigenvalue weighted by Gasteiger charge is -2.35. The van der Waals surface area contributed by atoms with Crippen LogP contribution in [0.15, 0.2) is 48.7 Å². The van der Waals surface area contributed by atoms with E-state index in [1.807, 2.05) is 18.3 Å². The first-order chi connectivity index (χ1) is 17.5. The number of ether oxygens (including phenoxy) is 4. The third kappa shape index (κ3) is 6.33. The van der Waals surface area contributed by atoms with Crippen LogP contribution in [0.5, 0.6) is 5.75 Å². The molecule has 1 aliphatic carbocycles. The van der Waals surface area contributed by atoms with Gasteiger partial charge in [0.1, 0.15) is 10.8 Å². The van der Waals surface area contributed by atoms with E-state index in [1.54, 1.807) is 37.5 Å². The number of hydrogen-bond acceptors (Lipinski definition) is 7. The second-order valence-electron chi connectivity index (χ2n) is 9.32. The van der Waals surface area contributed by atoms with Gasteiger partial charge in [-0.2, -0.15) is 0 Å². The van der Waals surface area contributed by atoms with Gasteiger partial charge < -0.3 is 18.9 Å². The van der Waals surface area contributed by atoms with Gasteiger partial charge in [0.2, 0.25) is 0 Å². The number of carbonyl (C=O) groups excluding carboxylic acids is 1. The molecular weight excluding hydrogens is 474 g/mol. The quantitative estimate of drug-likeness (QED) is 0.160. The van der Waals surface area contributed by atoms with Crippen molar-refractivity contribution in [2.75, 3.05) is 33.7 Å². The molecular formula is C29H35NO5S. The molecule has 1 aliphatic rings. The van der Waals surface area contributed by atoms with Crippen molar-refractivity contribution in [3.8, 4) is 26.8 Å². The van der Waals surface area contributed by atoms with E-state index in [2.05, 4.69) is 30.1 Å². The summed E-state index contributed by atoms with van der Waals surface area (Å²) in [6.45, 7) is 5.78. The molecule has 1 fully saturated rings. The standard InChI is InChI=1S/C29H35NO5S/c1-4-34-28(31)22-10-8-21(9-11-22)27-30-19-26(36-27)23-12-13-25(35-20-33-17-16-32-3)24(18-23)29(2)14-6-5-7-15-29/h8-13,18-19H,4-7,14-17,20H2,1-3H3. The Morgan fingerprint density at radius 2 is 1.78 bits per heavy atom. The summed E-state index contributed by atoms with van der Waals surface area (Å²) in [5.74, 6) is 0.582. The molecule has 1 aromatic heterocycles. The van der Waals surface area contributed by atoms with Crippen LogP contribution in [0.4, 0.5) is 0 Å². The number of aromatic nitrogens is 1. The van der Waals surface area contributed by atoms with E-state index in [0.29, 0.717) is 25.4 Å². The summed E-state index contributed by atoms with van der Waals surface area (Å²) in [5, 5.41) is 0.915. The molecule has 3 aromatic rings. The number of carbonyl (C=O) groups is 1. The van der Waals surface area contributed by atoms with Crippen molar-refractivity contribution in [3.05, 3.63) is 59.8 Å². The van der Waals surface area contributed by atoms with Crippen LogP contribution in [0.1, 0.15) is 61.9 Å². The fraction of sp³-hybridized carbons (Fsp3) is 0.448. The fourth-order valence-corrected chi connectivity index (χ4v) is 5.61. The molecule has 0 bridgehead atoms. The molecule has 36 heavy (non-hydrogen) atoms. The van der Waals surface area contributed by atoms with Gasteiger partial charge >= 0.3 is 5.97 Å². The van der Waals surface area contributed by atoms with Gasteiger partial charge in [-0.1, -0.05) is 38.3 Å². The topological polar surface area (TPSA) is 66.9 Å². The van der Waals surface area contributed by atoms with Gasteiger partial charge in [0.05, 0.1) is 30.3 Å². The first-order valence-corrected chi connectivity index (χ1v) is 13.4. The molecule has 2 aromatic carbocycles. The van der Waals surface area contributed by atoms with Crippen molar-refractivity contribution in [1.29, 1.82) is 0 Å². The highest BCUT2D eigenvalue weighted by molar-refractivity contribution is 7.18. The predicted molar refractivity (Wildman–Crippen MR) is 143 cm³/mol. The molecule has 0 unspecified atom stereocenters. The molecule has 0 spiro atoms. The lowest BCUT2D eigenvalue weighted by Crippen LogP contribution is -2.26. The van der Waals surface area contributed by atoms with Crippen LogP contribution in [0.25, 0.3) is 21.0 Å². The molecule has 0 amide bonds. The number of thiazole rings is 1. The highest BCUT2D eigenvalue weighted by Crippen LogP contribution is 2.45. The monoisotopic (exact) mass is 509 g/mol. The minimum Gasteiger partial charge on any atom is -0.467 e. The number of nitrogens with zero attached hydrogens (tertiary/aromatic N) is 1. The normalized spacial score (nSPS) is 15.0. The van der Waals surface area contributed by atoms with Gasteiger partial charge in [0, 0.05) is 24.4 Å². The molecule has 6 nitrogen and oxygen atoms in total. The Bertz CT molecular complexity index is 1130. The van der Waals surface area contributed by atoms with Crippen LogP contribution in [0.3, 0.4) is 0 Å². The van der Waals surface area contributed by atoms with E-state index >= 15 is 0 Å². The molecule has 1 saturated carbocycles. The van der Waals surface area contributed by atoms with E-state index in [0.717, 1.165) is 39.6 Å². The molecule has 0 radical (unpaired) electrons. The van der Waals surface area contributed by atoms with Crippen LogP contribution < -0.4 is 4.74 Å². The predicted octanol–water partition coefficient (Wildman–Crippen LogP) is 6.87. The molecule has 192 valence electrons. The maximum atomic E-state index is 12.0. The zero-order valence-corrected chi connectivity index (χ0v) is 22.2. The molecule has 0 saturated heterocycles. The van der Waals surface area contributed by atoms with Crippen LogP contribution >= 0.6 is 11.3 Å². The second kappa shape index (κ2) is 12.5. The maximum Gasteiger partial charge on any atom is 0.338 e. The third-order valence-electron chi connectivity index (χ3n) is 6.75.